The predicted molar refractivity (Wildman–Crippen MR) is 123 cm³/mol. The molecule has 1 N–H and O–H groups in total. The number of amidine groups is 2. The van der Waals surface area contributed by atoms with Crippen molar-refractivity contribution in [2.75, 3.05) is 11.1 Å². The topological polar surface area (TPSA) is 40.0 Å². The van der Waals surface area contributed by atoms with E-state index in [0.717, 1.165) is 39.6 Å². The smallest absolute Gasteiger partial charge is 0.173 e. The lowest BCUT2D eigenvalue weighted by molar-refractivity contribution is 0.518. The zero-order valence-corrected chi connectivity index (χ0v) is 17.9. The van der Waals surface area contributed by atoms with Gasteiger partial charge in [0.15, 0.2) is 10.3 Å². The number of hydrogen-bond donors (Lipinski definition) is 1. The monoisotopic (exact) mass is 454 g/mol. The van der Waals surface area contributed by atoms with Gasteiger partial charge in [-0.2, -0.15) is 0 Å². The third-order valence-electron chi connectivity index (χ3n) is 4.48. The highest BCUT2D eigenvalue weighted by molar-refractivity contribution is 8.17. The van der Waals surface area contributed by atoms with Crippen LogP contribution >= 0.6 is 48.3 Å². The molecule has 3 aliphatic heterocycles. The Bertz CT molecular complexity index is 994. The largest absolute Gasteiger partial charge is 0.335 e. The summed E-state index contributed by atoms with van der Waals surface area (Å²) in [6.07, 6.45) is 0. The third kappa shape index (κ3) is 4.03. The van der Waals surface area contributed by atoms with Gasteiger partial charge in [0, 0.05) is 17.1 Å². The number of aliphatic imine (C=N–C) groups is 2. The molecule has 0 atom stereocenters. The highest BCUT2D eigenvalue weighted by Crippen LogP contribution is 2.38. The van der Waals surface area contributed by atoms with Crippen LogP contribution in [0.5, 0.6) is 0 Å². The van der Waals surface area contributed by atoms with Gasteiger partial charge >= 0.3 is 0 Å². The van der Waals surface area contributed by atoms with Crippen LogP contribution in [0.3, 0.4) is 0 Å². The third-order valence-corrected chi connectivity index (χ3v) is 6.34. The van der Waals surface area contributed by atoms with Crippen LogP contribution in [0.2, 0.25) is 0 Å². The Morgan fingerprint density at radius 3 is 2.89 bits per heavy atom. The van der Waals surface area contributed by atoms with E-state index in [2.05, 4.69) is 37.7 Å². The summed E-state index contributed by atoms with van der Waals surface area (Å²) in [6, 6.07) is 13.1. The van der Waals surface area contributed by atoms with E-state index >= 15 is 0 Å². The second-order valence-electron chi connectivity index (χ2n) is 6.17. The molecule has 5 rings (SSSR count). The average molecular weight is 455 g/mol. The Hall–Kier alpha value is -1.67. The molecule has 0 amide bonds. The van der Waals surface area contributed by atoms with Crippen LogP contribution in [0.1, 0.15) is 11.1 Å². The minimum atomic E-state index is -0.241. The summed E-state index contributed by atoms with van der Waals surface area (Å²) in [5.41, 5.74) is 5.35. The minimum absolute atomic E-state index is 0. The molecule has 3 aliphatic rings. The van der Waals surface area contributed by atoms with Crippen LogP contribution in [0.15, 0.2) is 63.6 Å². The number of benzene rings is 2. The van der Waals surface area contributed by atoms with Gasteiger partial charge in [-0.25, -0.2) is 9.38 Å². The molecule has 0 aliphatic carbocycles. The molecule has 0 radical (unpaired) electrons. The first-order valence-corrected chi connectivity index (χ1v) is 10.2. The number of thioether (sulfide) groups is 2. The fourth-order valence-corrected chi connectivity index (χ4v) is 4.98. The van der Waals surface area contributed by atoms with Gasteiger partial charge in [0.05, 0.1) is 18.8 Å². The van der Waals surface area contributed by atoms with Crippen molar-refractivity contribution in [3.05, 3.63) is 70.5 Å². The number of fused-ring (bicyclic) bond motifs is 3. The van der Waals surface area contributed by atoms with Gasteiger partial charge in [-0.15, -0.1) is 24.8 Å². The maximum atomic E-state index is 13.4. The van der Waals surface area contributed by atoms with E-state index in [4.69, 9.17) is 0 Å². The van der Waals surface area contributed by atoms with Crippen LogP contribution in [0, 0.1) is 5.82 Å². The van der Waals surface area contributed by atoms with E-state index in [1.54, 1.807) is 23.5 Å². The first-order chi connectivity index (χ1) is 12.8. The Morgan fingerprint density at radius 2 is 2.00 bits per heavy atom. The predicted octanol–water partition coefficient (Wildman–Crippen LogP) is 5.78. The number of para-hydroxylation sites is 1. The Labute approximate surface area is 183 Å². The van der Waals surface area contributed by atoms with Crippen LogP contribution in [0.4, 0.5) is 15.8 Å². The maximum Gasteiger partial charge on any atom is 0.173 e. The molecule has 9 heteroatoms. The van der Waals surface area contributed by atoms with Gasteiger partial charge in [0.25, 0.3) is 0 Å². The lowest BCUT2D eigenvalue weighted by Crippen LogP contribution is -2.28. The zero-order valence-electron chi connectivity index (χ0n) is 14.6. The van der Waals surface area contributed by atoms with Gasteiger partial charge in [-0.05, 0) is 34.7 Å². The van der Waals surface area contributed by atoms with E-state index in [-0.39, 0.29) is 30.6 Å². The van der Waals surface area contributed by atoms with E-state index < -0.39 is 0 Å². The van der Waals surface area contributed by atoms with Crippen molar-refractivity contribution >= 4 is 70.0 Å². The van der Waals surface area contributed by atoms with Crippen molar-refractivity contribution in [1.29, 1.82) is 0 Å². The first kappa shape index (κ1) is 21.0. The SMILES string of the molecule is Cl.Cl.Fc1ccc2c(c1)N=C1SC=C(CSC3=NCc4ccccc4N3)N1C2. The molecular formula is C19H17Cl2FN4S2. The molecule has 2 aromatic carbocycles. The molecule has 146 valence electrons. The molecule has 0 aromatic heterocycles. The fourth-order valence-electron chi connectivity index (χ4n) is 3.10. The molecule has 28 heavy (non-hydrogen) atoms. The van der Waals surface area contributed by atoms with Crippen LogP contribution < -0.4 is 5.32 Å². The van der Waals surface area contributed by atoms with Crippen molar-refractivity contribution in [3.63, 3.8) is 0 Å². The zero-order chi connectivity index (χ0) is 17.5. The highest BCUT2D eigenvalue weighted by Gasteiger charge is 2.28. The number of nitrogens with zero attached hydrogens (tertiary/aromatic N) is 3. The summed E-state index contributed by atoms with van der Waals surface area (Å²) in [7, 11) is 0. The van der Waals surface area contributed by atoms with E-state index in [1.165, 1.54) is 23.4 Å². The van der Waals surface area contributed by atoms with Gasteiger partial charge in [-0.3, -0.25) is 4.99 Å². The Morgan fingerprint density at radius 1 is 1.14 bits per heavy atom. The van der Waals surface area contributed by atoms with Gasteiger partial charge in [0.2, 0.25) is 0 Å². The molecule has 4 nitrogen and oxygen atoms in total. The molecular weight excluding hydrogens is 438 g/mol. The fraction of sp³-hybridized carbons (Fsp3) is 0.158. The van der Waals surface area contributed by atoms with Gasteiger partial charge in [-0.1, -0.05) is 47.8 Å². The second kappa shape index (κ2) is 8.78. The van der Waals surface area contributed by atoms with Crippen molar-refractivity contribution in [1.82, 2.24) is 4.90 Å². The maximum absolute atomic E-state index is 13.4. The first-order valence-electron chi connectivity index (χ1n) is 8.29. The number of hydrogen-bond acceptors (Lipinski definition) is 6. The van der Waals surface area contributed by atoms with E-state index in [0.29, 0.717) is 6.54 Å². The molecule has 3 heterocycles. The van der Waals surface area contributed by atoms with Gasteiger partial charge < -0.3 is 10.2 Å². The lowest BCUT2D eigenvalue weighted by atomic mass is 10.1. The lowest BCUT2D eigenvalue weighted by Gasteiger charge is -2.27. The molecule has 0 saturated heterocycles. The molecule has 0 fully saturated rings. The summed E-state index contributed by atoms with van der Waals surface area (Å²) >= 11 is 3.30. The number of anilines is 1. The van der Waals surface area contributed by atoms with Gasteiger partial charge in [0.1, 0.15) is 5.82 Å². The summed E-state index contributed by atoms with van der Waals surface area (Å²) in [5, 5.41) is 7.40. The molecule has 0 unspecified atom stereocenters. The Balaban J connectivity index is 0.00000112. The molecule has 0 spiro atoms. The van der Waals surface area contributed by atoms with E-state index in [1.807, 2.05) is 18.2 Å². The molecule has 0 bridgehead atoms. The van der Waals surface area contributed by atoms with Crippen molar-refractivity contribution in [2.24, 2.45) is 9.98 Å². The molecule has 2 aromatic rings. The average Bonchev–Trinajstić information content (AvgIpc) is 3.06. The minimum Gasteiger partial charge on any atom is -0.335 e. The highest BCUT2D eigenvalue weighted by atomic mass is 35.5. The van der Waals surface area contributed by atoms with Crippen LogP contribution in [-0.2, 0) is 13.1 Å². The normalized spacial score (nSPS) is 16.2. The quantitative estimate of drug-likeness (QED) is 0.624. The van der Waals surface area contributed by atoms with Crippen LogP contribution in [-0.4, -0.2) is 21.0 Å². The Kier molecular flexibility index (Phi) is 6.60. The molecule has 0 saturated carbocycles. The van der Waals surface area contributed by atoms with Crippen molar-refractivity contribution in [2.45, 2.75) is 13.1 Å². The summed E-state index contributed by atoms with van der Waals surface area (Å²) in [6.45, 7) is 1.45. The van der Waals surface area contributed by atoms with Crippen molar-refractivity contribution < 1.29 is 4.39 Å². The second-order valence-corrected chi connectivity index (χ2v) is 7.97. The summed E-state index contributed by atoms with van der Waals surface area (Å²) < 4.78 is 13.4. The summed E-state index contributed by atoms with van der Waals surface area (Å²) in [5.74, 6) is 0.575. The standard InChI is InChI=1S/C19H15FN4S2.2ClH/c20-14-6-5-13-9-24-15(11-26-19(24)23-17(13)7-14)10-25-18-21-8-12-3-1-2-4-16(12)22-18;;/h1-7,11H,8-10H2,(H,21,22);2*1H. The number of rotatable bonds is 2. The number of halogens is 3. The van der Waals surface area contributed by atoms with E-state index in [9.17, 15) is 4.39 Å². The summed E-state index contributed by atoms with van der Waals surface area (Å²) in [4.78, 5) is 11.4. The van der Waals surface area contributed by atoms with Crippen LogP contribution in [0.25, 0.3) is 0 Å². The number of nitrogens with one attached hydrogen (secondary N) is 1. The van der Waals surface area contributed by atoms with Crippen molar-refractivity contribution in [3.8, 4) is 0 Å².